The number of anilines is 1. The highest BCUT2D eigenvalue weighted by atomic mass is 32.2. The van der Waals surface area contributed by atoms with Crippen molar-refractivity contribution in [3.63, 3.8) is 0 Å². The summed E-state index contributed by atoms with van der Waals surface area (Å²) in [6.07, 6.45) is 0.413. The lowest BCUT2D eigenvalue weighted by Crippen LogP contribution is -2.12. The Morgan fingerprint density at radius 1 is 1.04 bits per heavy atom. The van der Waals surface area contributed by atoms with Crippen LogP contribution in [0.2, 0.25) is 0 Å². The fourth-order valence-electron chi connectivity index (χ4n) is 3.41. The standard InChI is InChI=1S/C22H22N4OS/c1-14-6-4-8-17(12-14)23-20(27)10-11-28-22-25-24-19-13-16(3)18-9-5-7-15(2)21(18)26(19)22/h4-9,12-13H,10-11H2,1-3H3,(H,23,27). The summed E-state index contributed by atoms with van der Waals surface area (Å²) in [5.41, 5.74) is 6.30. The lowest BCUT2D eigenvalue weighted by molar-refractivity contribution is -0.115. The molecule has 2 heterocycles. The number of hydrogen-bond donors (Lipinski definition) is 1. The summed E-state index contributed by atoms with van der Waals surface area (Å²) in [5.74, 6) is 0.642. The maximum atomic E-state index is 12.3. The number of thioether (sulfide) groups is 1. The molecule has 0 saturated heterocycles. The molecule has 0 atom stereocenters. The minimum Gasteiger partial charge on any atom is -0.326 e. The van der Waals surface area contributed by atoms with Crippen molar-refractivity contribution >= 4 is 39.9 Å². The Morgan fingerprint density at radius 3 is 2.68 bits per heavy atom. The molecule has 5 nitrogen and oxygen atoms in total. The average molecular weight is 391 g/mol. The van der Waals surface area contributed by atoms with Gasteiger partial charge in [-0.3, -0.25) is 9.20 Å². The SMILES string of the molecule is Cc1cccc(NC(=O)CCSc2nnc3cc(C)c4cccc(C)c4n23)c1. The monoisotopic (exact) mass is 390 g/mol. The Labute approximate surface area is 168 Å². The van der Waals surface area contributed by atoms with Gasteiger partial charge in [-0.2, -0.15) is 0 Å². The van der Waals surface area contributed by atoms with Gasteiger partial charge in [0.1, 0.15) is 0 Å². The Kier molecular flexibility index (Phi) is 5.05. The number of fused-ring (bicyclic) bond motifs is 3. The summed E-state index contributed by atoms with van der Waals surface area (Å²) >= 11 is 1.56. The van der Waals surface area contributed by atoms with Crippen molar-refractivity contribution in [3.8, 4) is 0 Å². The van der Waals surface area contributed by atoms with Gasteiger partial charge in [0.2, 0.25) is 5.91 Å². The van der Waals surface area contributed by atoms with Crippen molar-refractivity contribution < 1.29 is 4.79 Å². The van der Waals surface area contributed by atoms with Crippen LogP contribution in [0, 0.1) is 20.8 Å². The summed E-state index contributed by atoms with van der Waals surface area (Å²) < 4.78 is 2.10. The number of hydrogen-bond acceptors (Lipinski definition) is 4. The number of nitrogens with one attached hydrogen (secondary N) is 1. The molecule has 0 radical (unpaired) electrons. The molecule has 0 aliphatic carbocycles. The summed E-state index contributed by atoms with van der Waals surface area (Å²) in [5, 5.41) is 13.7. The molecule has 1 amide bonds. The van der Waals surface area contributed by atoms with E-state index < -0.39 is 0 Å². The van der Waals surface area contributed by atoms with E-state index in [2.05, 4.69) is 58.0 Å². The first-order valence-corrected chi connectivity index (χ1v) is 10.2. The molecule has 0 fully saturated rings. The van der Waals surface area contributed by atoms with Crippen molar-refractivity contribution in [1.29, 1.82) is 0 Å². The van der Waals surface area contributed by atoms with E-state index in [1.807, 2.05) is 31.2 Å². The minimum absolute atomic E-state index is 0.00352. The fourth-order valence-corrected chi connectivity index (χ4v) is 4.29. The second-order valence-corrected chi connectivity index (χ2v) is 8.05. The lowest BCUT2D eigenvalue weighted by Gasteiger charge is -2.10. The number of nitrogens with zero attached hydrogens (tertiary/aromatic N) is 3. The number of rotatable bonds is 5. The summed E-state index contributed by atoms with van der Waals surface area (Å²) in [6.45, 7) is 6.21. The van der Waals surface area contributed by atoms with Crippen molar-refractivity contribution in [2.45, 2.75) is 32.3 Å². The second kappa shape index (κ2) is 7.64. The molecule has 0 bridgehead atoms. The van der Waals surface area contributed by atoms with E-state index >= 15 is 0 Å². The zero-order chi connectivity index (χ0) is 19.7. The van der Waals surface area contributed by atoms with Gasteiger partial charge in [0.05, 0.1) is 5.52 Å². The highest BCUT2D eigenvalue weighted by molar-refractivity contribution is 7.99. The Morgan fingerprint density at radius 2 is 1.86 bits per heavy atom. The predicted octanol–water partition coefficient (Wildman–Crippen LogP) is 4.93. The molecule has 0 aliphatic heterocycles. The molecule has 4 aromatic rings. The van der Waals surface area contributed by atoms with E-state index in [-0.39, 0.29) is 5.91 Å². The van der Waals surface area contributed by atoms with Crippen molar-refractivity contribution in [1.82, 2.24) is 14.6 Å². The van der Waals surface area contributed by atoms with Gasteiger partial charge in [0, 0.05) is 23.2 Å². The zero-order valence-electron chi connectivity index (χ0n) is 16.2. The normalized spacial score (nSPS) is 11.2. The quantitative estimate of drug-likeness (QED) is 0.491. The third kappa shape index (κ3) is 3.60. The predicted molar refractivity (Wildman–Crippen MR) is 115 cm³/mol. The molecule has 0 spiro atoms. The Balaban J connectivity index is 1.52. The van der Waals surface area contributed by atoms with Crippen molar-refractivity contribution in [2.75, 3.05) is 11.1 Å². The summed E-state index contributed by atoms with van der Waals surface area (Å²) in [4.78, 5) is 12.3. The zero-order valence-corrected chi connectivity index (χ0v) is 17.0. The first-order chi connectivity index (χ1) is 13.5. The molecule has 2 aromatic heterocycles. The van der Waals surface area contributed by atoms with Crippen LogP contribution in [-0.2, 0) is 4.79 Å². The molecule has 1 N–H and O–H groups in total. The van der Waals surface area contributed by atoms with Gasteiger partial charge in [-0.25, -0.2) is 0 Å². The number of amides is 1. The fraction of sp³-hybridized carbons (Fsp3) is 0.227. The largest absolute Gasteiger partial charge is 0.326 e. The molecule has 0 aliphatic rings. The van der Waals surface area contributed by atoms with Gasteiger partial charge in [-0.05, 0) is 55.7 Å². The maximum absolute atomic E-state index is 12.3. The molecule has 0 saturated carbocycles. The smallest absolute Gasteiger partial charge is 0.225 e. The average Bonchev–Trinajstić information content (AvgIpc) is 3.04. The first-order valence-electron chi connectivity index (χ1n) is 9.26. The number of carbonyl (C=O) groups excluding carboxylic acids is 1. The van der Waals surface area contributed by atoms with Crippen LogP contribution in [-0.4, -0.2) is 26.3 Å². The third-order valence-electron chi connectivity index (χ3n) is 4.75. The van der Waals surface area contributed by atoms with Crippen LogP contribution in [0.4, 0.5) is 5.69 Å². The van der Waals surface area contributed by atoms with Crippen molar-refractivity contribution in [2.24, 2.45) is 0 Å². The molecular formula is C22H22N4OS. The van der Waals surface area contributed by atoms with Gasteiger partial charge >= 0.3 is 0 Å². The van der Waals surface area contributed by atoms with E-state index in [9.17, 15) is 4.79 Å². The maximum Gasteiger partial charge on any atom is 0.225 e. The topological polar surface area (TPSA) is 59.3 Å². The number of benzene rings is 2. The number of aromatic nitrogens is 3. The van der Waals surface area contributed by atoms with Crippen molar-refractivity contribution in [3.05, 3.63) is 65.2 Å². The molecule has 28 heavy (non-hydrogen) atoms. The van der Waals surface area contributed by atoms with Gasteiger partial charge in [0.15, 0.2) is 10.8 Å². The van der Waals surface area contributed by atoms with Gasteiger partial charge in [0.25, 0.3) is 0 Å². The van der Waals surface area contributed by atoms with Crippen LogP contribution in [0.25, 0.3) is 16.6 Å². The molecule has 6 heteroatoms. The first kappa shape index (κ1) is 18.5. The van der Waals surface area contributed by atoms with Crippen LogP contribution >= 0.6 is 11.8 Å². The summed E-state index contributed by atoms with van der Waals surface area (Å²) in [7, 11) is 0. The number of para-hydroxylation sites is 1. The van der Waals surface area contributed by atoms with Crippen LogP contribution in [0.5, 0.6) is 0 Å². The number of aryl methyl sites for hydroxylation is 3. The summed E-state index contributed by atoms with van der Waals surface area (Å²) in [6, 6.07) is 16.2. The van der Waals surface area contributed by atoms with E-state index in [0.717, 1.165) is 27.6 Å². The number of pyridine rings is 1. The highest BCUT2D eigenvalue weighted by Gasteiger charge is 2.13. The van der Waals surface area contributed by atoms with E-state index in [0.29, 0.717) is 12.2 Å². The van der Waals surface area contributed by atoms with Crippen LogP contribution in [0.1, 0.15) is 23.1 Å². The van der Waals surface area contributed by atoms with Crippen LogP contribution in [0.3, 0.4) is 0 Å². The van der Waals surface area contributed by atoms with E-state index in [4.69, 9.17) is 0 Å². The highest BCUT2D eigenvalue weighted by Crippen LogP contribution is 2.28. The van der Waals surface area contributed by atoms with E-state index in [1.165, 1.54) is 16.5 Å². The molecule has 2 aromatic carbocycles. The molecular weight excluding hydrogens is 368 g/mol. The molecule has 142 valence electrons. The van der Waals surface area contributed by atoms with Gasteiger partial charge < -0.3 is 5.32 Å². The third-order valence-corrected chi connectivity index (χ3v) is 5.68. The lowest BCUT2D eigenvalue weighted by atomic mass is 10.1. The van der Waals surface area contributed by atoms with Crippen LogP contribution in [0.15, 0.2) is 53.7 Å². The van der Waals surface area contributed by atoms with Crippen LogP contribution < -0.4 is 5.32 Å². The Hall–Kier alpha value is -2.86. The van der Waals surface area contributed by atoms with Gasteiger partial charge in [-0.1, -0.05) is 42.1 Å². The Bertz CT molecular complexity index is 1180. The minimum atomic E-state index is 0.00352. The van der Waals surface area contributed by atoms with E-state index in [1.54, 1.807) is 11.8 Å². The van der Waals surface area contributed by atoms with Gasteiger partial charge in [-0.15, -0.1) is 10.2 Å². The number of carbonyl (C=O) groups is 1. The molecule has 4 rings (SSSR count). The molecule has 0 unspecified atom stereocenters. The second-order valence-electron chi connectivity index (χ2n) is 6.99.